The van der Waals surface area contributed by atoms with Crippen molar-refractivity contribution in [3.05, 3.63) is 47.5 Å². The Labute approximate surface area is 170 Å². The topological polar surface area (TPSA) is 71.0 Å². The number of hydrogen-bond donors (Lipinski definition) is 2. The number of methoxy groups -OCH3 is 1. The monoisotopic (exact) mass is 394 g/mol. The van der Waals surface area contributed by atoms with Gasteiger partial charge in [-0.05, 0) is 50.1 Å². The predicted molar refractivity (Wildman–Crippen MR) is 112 cm³/mol. The van der Waals surface area contributed by atoms with Crippen LogP contribution in [0.3, 0.4) is 0 Å². The summed E-state index contributed by atoms with van der Waals surface area (Å²) in [5.41, 5.74) is 5.79. The van der Waals surface area contributed by atoms with Crippen LogP contribution < -0.4 is 14.8 Å². The van der Waals surface area contributed by atoms with Gasteiger partial charge in [0, 0.05) is 23.9 Å². The normalized spacial score (nSPS) is 18.3. The average molecular weight is 394 g/mol. The number of rotatable bonds is 3. The molecule has 1 unspecified atom stereocenters. The Bertz CT molecular complexity index is 1020. The zero-order chi connectivity index (χ0) is 20.9. The van der Waals surface area contributed by atoms with Gasteiger partial charge >= 0.3 is 0 Å². The maximum Gasteiger partial charge on any atom is 0.249 e. The van der Waals surface area contributed by atoms with Crippen LogP contribution in [0.5, 0.6) is 11.5 Å². The highest BCUT2D eigenvalue weighted by molar-refractivity contribution is 5.92. The van der Waals surface area contributed by atoms with E-state index in [4.69, 9.17) is 9.47 Å². The maximum absolute atomic E-state index is 12.3. The standard InChI is InChI=1S/C23H26N2O4/c1-13-12-23(2,3)24-15-10-9-14-21-16(28-5)7-6-8-17(21)29-18(22(14)20(13)15)11-19(26)25(4)27/h6-10,12,18,24,27H,11H2,1-5H3. The average Bonchev–Trinajstić information content (AvgIpc) is 2.65. The highest BCUT2D eigenvalue weighted by Crippen LogP contribution is 2.52. The van der Waals surface area contributed by atoms with Gasteiger partial charge in [0.15, 0.2) is 0 Å². The summed E-state index contributed by atoms with van der Waals surface area (Å²) in [6.45, 7) is 6.32. The molecule has 6 nitrogen and oxygen atoms in total. The molecule has 0 saturated heterocycles. The number of anilines is 1. The lowest BCUT2D eigenvalue weighted by Gasteiger charge is -2.37. The van der Waals surface area contributed by atoms with Crippen molar-refractivity contribution in [2.24, 2.45) is 0 Å². The van der Waals surface area contributed by atoms with E-state index in [2.05, 4.69) is 44.3 Å². The molecule has 1 amide bonds. The quantitative estimate of drug-likeness (QED) is 0.586. The second-order valence-electron chi connectivity index (χ2n) is 8.18. The SMILES string of the molecule is COc1cccc2c1-c1ccc3c(c1C(CC(=O)N(C)O)O2)C(C)=CC(C)(C)N3. The molecule has 0 fully saturated rings. The molecule has 1 atom stereocenters. The molecule has 152 valence electrons. The Balaban J connectivity index is 1.97. The summed E-state index contributed by atoms with van der Waals surface area (Å²) in [6, 6.07) is 9.78. The number of nitrogens with one attached hydrogen (secondary N) is 1. The molecule has 4 rings (SSSR count). The largest absolute Gasteiger partial charge is 0.496 e. The van der Waals surface area contributed by atoms with Crippen molar-refractivity contribution < 1.29 is 19.5 Å². The summed E-state index contributed by atoms with van der Waals surface area (Å²) in [7, 11) is 2.97. The van der Waals surface area contributed by atoms with E-state index in [-0.39, 0.29) is 12.0 Å². The minimum absolute atomic E-state index is 0.0315. The Morgan fingerprint density at radius 1 is 1.28 bits per heavy atom. The lowest BCUT2D eigenvalue weighted by molar-refractivity contribution is -0.161. The zero-order valence-electron chi connectivity index (χ0n) is 17.4. The minimum Gasteiger partial charge on any atom is -0.496 e. The Morgan fingerprint density at radius 3 is 2.72 bits per heavy atom. The van der Waals surface area contributed by atoms with Gasteiger partial charge in [0.1, 0.15) is 17.6 Å². The molecule has 2 heterocycles. The van der Waals surface area contributed by atoms with Crippen LogP contribution in [0.4, 0.5) is 5.69 Å². The van der Waals surface area contributed by atoms with E-state index >= 15 is 0 Å². The van der Waals surface area contributed by atoms with Gasteiger partial charge < -0.3 is 14.8 Å². The smallest absolute Gasteiger partial charge is 0.249 e. The van der Waals surface area contributed by atoms with E-state index in [0.717, 1.165) is 39.3 Å². The summed E-state index contributed by atoms with van der Waals surface area (Å²) in [4.78, 5) is 12.3. The molecule has 2 aliphatic rings. The predicted octanol–water partition coefficient (Wildman–Crippen LogP) is 4.64. The van der Waals surface area contributed by atoms with Gasteiger partial charge in [-0.3, -0.25) is 10.0 Å². The number of hydrogen-bond acceptors (Lipinski definition) is 5. The second-order valence-corrected chi connectivity index (χ2v) is 8.18. The van der Waals surface area contributed by atoms with E-state index in [0.29, 0.717) is 10.8 Å². The fourth-order valence-corrected chi connectivity index (χ4v) is 4.39. The fourth-order valence-electron chi connectivity index (χ4n) is 4.39. The van der Waals surface area contributed by atoms with E-state index in [1.54, 1.807) is 7.11 Å². The van der Waals surface area contributed by atoms with E-state index in [9.17, 15) is 10.0 Å². The Morgan fingerprint density at radius 2 is 2.03 bits per heavy atom. The molecule has 2 N–H and O–H groups in total. The third kappa shape index (κ3) is 3.23. The molecule has 29 heavy (non-hydrogen) atoms. The van der Waals surface area contributed by atoms with E-state index in [1.807, 2.05) is 18.2 Å². The second kappa shape index (κ2) is 6.81. The van der Waals surface area contributed by atoms with Crippen LogP contribution >= 0.6 is 0 Å². The Hall–Kier alpha value is -2.99. The van der Waals surface area contributed by atoms with Crippen molar-refractivity contribution in [2.75, 3.05) is 19.5 Å². The molecule has 2 aliphatic heterocycles. The van der Waals surface area contributed by atoms with Gasteiger partial charge in [0.05, 0.1) is 24.6 Å². The van der Waals surface area contributed by atoms with Gasteiger partial charge in [-0.25, -0.2) is 5.06 Å². The number of ether oxygens (including phenoxy) is 2. The third-order valence-electron chi connectivity index (χ3n) is 5.46. The molecule has 0 spiro atoms. The number of fused-ring (bicyclic) bond motifs is 5. The first-order valence-corrected chi connectivity index (χ1v) is 9.66. The molecule has 2 aromatic rings. The van der Waals surface area contributed by atoms with Crippen LogP contribution in [-0.2, 0) is 4.79 Å². The van der Waals surface area contributed by atoms with Gasteiger partial charge in [-0.15, -0.1) is 0 Å². The van der Waals surface area contributed by atoms with Gasteiger partial charge in [-0.1, -0.05) is 18.2 Å². The van der Waals surface area contributed by atoms with Crippen LogP contribution in [-0.4, -0.2) is 35.9 Å². The summed E-state index contributed by atoms with van der Waals surface area (Å²) in [5.74, 6) is 0.982. The molecule has 6 heteroatoms. The van der Waals surface area contributed by atoms with Crippen molar-refractivity contribution >= 4 is 17.2 Å². The van der Waals surface area contributed by atoms with Crippen LogP contribution in [0, 0.1) is 0 Å². The lowest BCUT2D eigenvalue weighted by atomic mass is 9.81. The summed E-state index contributed by atoms with van der Waals surface area (Å²) < 4.78 is 11.9. The van der Waals surface area contributed by atoms with Gasteiger partial charge in [0.25, 0.3) is 0 Å². The Kier molecular flexibility index (Phi) is 4.54. The van der Waals surface area contributed by atoms with Crippen molar-refractivity contribution in [3.8, 4) is 22.6 Å². The van der Waals surface area contributed by atoms with Crippen LogP contribution in [0.2, 0.25) is 0 Å². The molecular weight excluding hydrogens is 368 g/mol. The first-order valence-electron chi connectivity index (χ1n) is 9.66. The third-order valence-corrected chi connectivity index (χ3v) is 5.46. The number of amides is 1. The number of nitrogens with zero attached hydrogens (tertiary/aromatic N) is 1. The van der Waals surface area contributed by atoms with E-state index < -0.39 is 12.0 Å². The lowest BCUT2D eigenvalue weighted by Crippen LogP contribution is -2.33. The number of benzene rings is 2. The van der Waals surface area contributed by atoms with Crippen LogP contribution in [0.1, 0.15) is 44.4 Å². The molecule has 0 aromatic heterocycles. The minimum atomic E-state index is -0.520. The first-order chi connectivity index (χ1) is 13.7. The molecule has 0 bridgehead atoms. The number of carbonyl (C=O) groups excluding carboxylic acids is 1. The fraction of sp³-hybridized carbons (Fsp3) is 0.348. The molecular formula is C23H26N2O4. The number of allylic oxidation sites excluding steroid dienone is 1. The zero-order valence-corrected chi connectivity index (χ0v) is 17.4. The van der Waals surface area contributed by atoms with E-state index in [1.165, 1.54) is 7.05 Å². The van der Waals surface area contributed by atoms with Crippen molar-refractivity contribution in [3.63, 3.8) is 0 Å². The van der Waals surface area contributed by atoms with Gasteiger partial charge in [-0.2, -0.15) is 0 Å². The van der Waals surface area contributed by atoms with Crippen LogP contribution in [0.15, 0.2) is 36.4 Å². The number of hydroxylamine groups is 2. The highest BCUT2D eigenvalue weighted by Gasteiger charge is 2.36. The van der Waals surface area contributed by atoms with Crippen molar-refractivity contribution in [1.82, 2.24) is 5.06 Å². The van der Waals surface area contributed by atoms with Crippen molar-refractivity contribution in [2.45, 2.75) is 38.8 Å². The molecule has 0 radical (unpaired) electrons. The molecule has 2 aromatic carbocycles. The first kappa shape index (κ1) is 19.3. The van der Waals surface area contributed by atoms with Crippen molar-refractivity contribution in [1.29, 1.82) is 0 Å². The molecule has 0 saturated carbocycles. The summed E-state index contributed by atoms with van der Waals surface area (Å²) >= 11 is 0. The van der Waals surface area contributed by atoms with Crippen LogP contribution in [0.25, 0.3) is 16.7 Å². The highest BCUT2D eigenvalue weighted by atomic mass is 16.5. The summed E-state index contributed by atoms with van der Waals surface area (Å²) in [5, 5.41) is 13.8. The van der Waals surface area contributed by atoms with Gasteiger partial charge in [0.2, 0.25) is 5.91 Å². The summed E-state index contributed by atoms with van der Waals surface area (Å²) in [6.07, 6.45) is 1.70. The number of carbonyl (C=O) groups is 1. The molecule has 0 aliphatic carbocycles. The maximum atomic E-state index is 12.3.